The third-order valence-electron chi connectivity index (χ3n) is 9.48. The van der Waals surface area contributed by atoms with E-state index in [1.165, 1.54) is 0 Å². The van der Waals surface area contributed by atoms with Crippen LogP contribution in [-0.4, -0.2) is 82.2 Å². The number of fused-ring (bicyclic) bond motifs is 2. The zero-order valence-corrected chi connectivity index (χ0v) is 34.2. The molecule has 3 aromatic carbocycles. The first-order chi connectivity index (χ1) is 24.3. The van der Waals surface area contributed by atoms with E-state index < -0.39 is 21.5 Å². The Hall–Kier alpha value is -2.37. The van der Waals surface area contributed by atoms with Gasteiger partial charge >= 0.3 is 6.09 Å². The van der Waals surface area contributed by atoms with Gasteiger partial charge in [0.2, 0.25) is 3.79 Å². The van der Waals surface area contributed by atoms with Gasteiger partial charge in [0.1, 0.15) is 24.7 Å². The average molecular weight is 877 g/mol. The number of nitrogens with zero attached hydrogens (tertiary/aromatic N) is 2. The predicted octanol–water partition coefficient (Wildman–Crippen LogP) is 9.30. The summed E-state index contributed by atoms with van der Waals surface area (Å²) in [6.45, 7) is 5.24. The van der Waals surface area contributed by atoms with Crippen LogP contribution in [0.2, 0.25) is 5.02 Å². The summed E-state index contributed by atoms with van der Waals surface area (Å²) in [7, 11) is 0. The van der Waals surface area contributed by atoms with Crippen molar-refractivity contribution >= 4 is 92.3 Å². The molecule has 8 nitrogen and oxygen atoms in total. The van der Waals surface area contributed by atoms with Crippen LogP contribution in [0.4, 0.5) is 4.79 Å². The van der Waals surface area contributed by atoms with Crippen molar-refractivity contribution in [3.63, 3.8) is 0 Å². The Labute approximate surface area is 339 Å². The first-order valence-corrected chi connectivity index (χ1v) is 19.3. The van der Waals surface area contributed by atoms with E-state index in [9.17, 15) is 9.59 Å². The van der Waals surface area contributed by atoms with Crippen molar-refractivity contribution in [1.29, 1.82) is 0 Å². The molecule has 2 aliphatic heterocycles. The lowest BCUT2D eigenvalue weighted by atomic mass is 9.82. The maximum atomic E-state index is 14.9. The minimum Gasteiger partial charge on any atom is -0.490 e. The largest absolute Gasteiger partial charge is 0.490 e. The summed E-state index contributed by atoms with van der Waals surface area (Å²) in [5.41, 5.74) is 1.91. The first-order valence-electron chi connectivity index (χ1n) is 17.0. The predicted molar refractivity (Wildman–Crippen MR) is 213 cm³/mol. The SMILES string of the molecule is CC(C)(OC(=O)N1C2CNCC1C(C(=O)N(CCc1ccccc1Cl)C1CC1)=C(c1ccc(OCCOc3ccc(Br)cc3)cc1)C2)C(Cl)(Cl)Cl.Cl. The van der Waals surface area contributed by atoms with Crippen LogP contribution >= 0.6 is 74.7 Å². The standard InChI is InChI=1S/C38H40BrCl4N3O5.ClH/c1-37(2,38(41,42)43)51-36(48)46-28-21-31(24-7-13-29(14-8-24)49-19-20-50-30-15-9-26(39)10-16-30)34(33(46)23-44-22-28)35(47)45(27-11-12-27)18-17-25-5-3-4-6-32(25)40;/h3-10,13-16,27-28,33,44H,11-12,17-23H2,1-2H3;1H. The second kappa shape index (κ2) is 17.4. The minimum absolute atomic E-state index is 0. The summed E-state index contributed by atoms with van der Waals surface area (Å²) in [4.78, 5) is 32.4. The van der Waals surface area contributed by atoms with Gasteiger partial charge in [-0.2, -0.15) is 0 Å². The summed E-state index contributed by atoms with van der Waals surface area (Å²) in [5, 5.41) is 4.11. The number of nitrogens with one attached hydrogen (secondary N) is 1. The van der Waals surface area contributed by atoms with Gasteiger partial charge in [0.15, 0.2) is 5.60 Å². The van der Waals surface area contributed by atoms with E-state index in [0.717, 1.165) is 39.8 Å². The Morgan fingerprint density at radius 1 is 0.923 bits per heavy atom. The summed E-state index contributed by atoms with van der Waals surface area (Å²) < 4.78 is 16.7. The number of amides is 2. The van der Waals surface area contributed by atoms with Gasteiger partial charge in [-0.3, -0.25) is 9.69 Å². The Morgan fingerprint density at radius 2 is 1.54 bits per heavy atom. The lowest BCUT2D eigenvalue weighted by Gasteiger charge is -2.48. The van der Waals surface area contributed by atoms with E-state index in [1.807, 2.05) is 77.7 Å². The highest BCUT2D eigenvalue weighted by atomic mass is 79.9. The van der Waals surface area contributed by atoms with E-state index in [0.29, 0.717) is 62.0 Å². The van der Waals surface area contributed by atoms with E-state index in [4.69, 9.17) is 60.6 Å². The molecule has 2 heterocycles. The first kappa shape index (κ1) is 40.8. The Bertz CT molecular complexity index is 1750. The number of piperazine rings is 1. The molecule has 1 saturated heterocycles. The molecule has 2 amide bonds. The number of hydrogen-bond donors (Lipinski definition) is 1. The van der Waals surface area contributed by atoms with Crippen molar-refractivity contribution in [2.45, 2.75) is 67.0 Å². The lowest BCUT2D eigenvalue weighted by Crippen LogP contribution is -2.64. The molecule has 2 fully saturated rings. The van der Waals surface area contributed by atoms with Crippen LogP contribution in [0.25, 0.3) is 5.57 Å². The fourth-order valence-electron chi connectivity index (χ4n) is 6.48. The molecule has 6 rings (SSSR count). The molecule has 0 spiro atoms. The van der Waals surface area contributed by atoms with Crippen molar-refractivity contribution < 1.29 is 23.8 Å². The third kappa shape index (κ3) is 9.64. The number of carbonyl (C=O) groups excluding carboxylic acids is 2. The van der Waals surface area contributed by atoms with Crippen molar-refractivity contribution in [3.8, 4) is 11.5 Å². The molecule has 0 radical (unpaired) electrons. The van der Waals surface area contributed by atoms with E-state index in [1.54, 1.807) is 18.7 Å². The van der Waals surface area contributed by atoms with Crippen molar-refractivity contribution in [1.82, 2.24) is 15.1 Å². The number of hydrogen-bond acceptors (Lipinski definition) is 6. The number of rotatable bonds is 12. The molecular weight excluding hydrogens is 836 g/mol. The summed E-state index contributed by atoms with van der Waals surface area (Å²) in [5.74, 6) is 1.35. The van der Waals surface area contributed by atoms with Gasteiger partial charge < -0.3 is 24.4 Å². The summed E-state index contributed by atoms with van der Waals surface area (Å²) in [6.07, 6.45) is 2.25. The Balaban J connectivity index is 0.00000523. The molecule has 3 aliphatic rings. The fraction of sp³-hybridized carbons (Fsp3) is 0.421. The summed E-state index contributed by atoms with van der Waals surface area (Å²) in [6, 6.07) is 22.3. The topological polar surface area (TPSA) is 80.3 Å². The van der Waals surface area contributed by atoms with Crippen LogP contribution in [-0.2, 0) is 16.0 Å². The molecule has 14 heteroatoms. The molecule has 52 heavy (non-hydrogen) atoms. The quantitative estimate of drug-likeness (QED) is 0.145. The van der Waals surface area contributed by atoms with Gasteiger partial charge in [-0.1, -0.05) is 92.7 Å². The monoisotopic (exact) mass is 873 g/mol. The molecule has 2 unspecified atom stereocenters. The summed E-state index contributed by atoms with van der Waals surface area (Å²) >= 11 is 28.5. The Morgan fingerprint density at radius 3 is 2.13 bits per heavy atom. The van der Waals surface area contributed by atoms with Gasteiger partial charge in [0.25, 0.3) is 5.91 Å². The van der Waals surface area contributed by atoms with E-state index in [-0.39, 0.29) is 30.4 Å². The zero-order chi connectivity index (χ0) is 36.3. The van der Waals surface area contributed by atoms with Gasteiger partial charge in [0.05, 0.1) is 12.1 Å². The molecule has 2 bridgehead atoms. The van der Waals surface area contributed by atoms with Crippen LogP contribution in [0.15, 0.2) is 82.8 Å². The highest BCUT2D eigenvalue weighted by Crippen LogP contribution is 2.43. The van der Waals surface area contributed by atoms with Gasteiger partial charge in [-0.05, 0) is 98.7 Å². The van der Waals surface area contributed by atoms with E-state index >= 15 is 0 Å². The van der Waals surface area contributed by atoms with Crippen molar-refractivity contribution in [2.24, 2.45) is 0 Å². The minimum atomic E-state index is -1.86. The molecule has 1 saturated carbocycles. The number of ether oxygens (including phenoxy) is 3. The molecular formula is C38H41BrCl5N3O5. The zero-order valence-electron chi connectivity index (χ0n) is 28.8. The molecule has 1 N–H and O–H groups in total. The van der Waals surface area contributed by atoms with Crippen LogP contribution in [0.3, 0.4) is 0 Å². The maximum absolute atomic E-state index is 14.9. The smallest absolute Gasteiger partial charge is 0.411 e. The Kier molecular flexibility index (Phi) is 13.7. The van der Waals surface area contributed by atoms with E-state index in [2.05, 4.69) is 21.2 Å². The number of halogens is 6. The van der Waals surface area contributed by atoms with Crippen LogP contribution in [0.5, 0.6) is 11.5 Å². The number of alkyl halides is 3. The van der Waals surface area contributed by atoms with Crippen molar-refractivity contribution in [3.05, 3.63) is 99.0 Å². The molecule has 1 aliphatic carbocycles. The molecule has 280 valence electrons. The molecule has 0 aromatic heterocycles. The van der Waals surface area contributed by atoms with Gasteiger partial charge in [0, 0.05) is 40.7 Å². The van der Waals surface area contributed by atoms with Gasteiger partial charge in [-0.25, -0.2) is 4.79 Å². The third-order valence-corrected chi connectivity index (χ3v) is 11.7. The maximum Gasteiger partial charge on any atom is 0.411 e. The number of carbonyl (C=O) groups is 2. The van der Waals surface area contributed by atoms with Crippen LogP contribution in [0, 0.1) is 0 Å². The lowest BCUT2D eigenvalue weighted by molar-refractivity contribution is -0.128. The normalized spacial score (nSPS) is 18.7. The van der Waals surface area contributed by atoms with Crippen LogP contribution < -0.4 is 14.8 Å². The van der Waals surface area contributed by atoms with Gasteiger partial charge in [-0.15, -0.1) is 12.4 Å². The molecule has 2 atom stereocenters. The highest BCUT2D eigenvalue weighted by Gasteiger charge is 2.50. The second-order valence-corrected chi connectivity index (χ2v) is 17.1. The molecule has 3 aromatic rings. The number of benzene rings is 3. The average Bonchev–Trinajstić information content (AvgIpc) is 3.93. The fourth-order valence-corrected chi connectivity index (χ4v) is 7.09. The second-order valence-electron chi connectivity index (χ2n) is 13.5. The van der Waals surface area contributed by atoms with Crippen molar-refractivity contribution in [2.75, 3.05) is 32.8 Å². The van der Waals surface area contributed by atoms with Crippen LogP contribution in [0.1, 0.15) is 44.2 Å². The highest BCUT2D eigenvalue weighted by molar-refractivity contribution is 9.10.